The van der Waals surface area contributed by atoms with Crippen molar-refractivity contribution in [2.75, 3.05) is 11.5 Å². The SMILES string of the molecule is CCOC(=O)Cn1c2c(sc1=O)[C@H](c1ccc(Br)cc1)C1C(=O)N(c3ccccc3C(F)(F)F)C(=O)C1S2. The van der Waals surface area contributed by atoms with E-state index >= 15 is 0 Å². The summed E-state index contributed by atoms with van der Waals surface area (Å²) in [6.07, 6.45) is -4.79. The fourth-order valence-electron chi connectivity index (χ4n) is 4.77. The van der Waals surface area contributed by atoms with Crippen LogP contribution in [-0.2, 0) is 31.8 Å². The number of nitrogens with zero attached hydrogens (tertiary/aromatic N) is 2. The minimum absolute atomic E-state index is 0.111. The number of imide groups is 1. The number of halogens is 4. The van der Waals surface area contributed by atoms with E-state index in [0.717, 1.165) is 39.7 Å². The lowest BCUT2D eigenvalue weighted by atomic mass is 9.83. The monoisotopic (exact) mass is 626 g/mol. The molecule has 2 aromatic carbocycles. The molecule has 1 saturated heterocycles. The van der Waals surface area contributed by atoms with Crippen molar-refractivity contribution in [2.45, 2.75) is 35.8 Å². The molecule has 2 unspecified atom stereocenters. The molecule has 3 aromatic rings. The molecule has 3 atom stereocenters. The molecule has 38 heavy (non-hydrogen) atoms. The number of hydrogen-bond acceptors (Lipinski definition) is 7. The molecule has 0 bridgehead atoms. The van der Waals surface area contributed by atoms with E-state index in [1.54, 1.807) is 31.2 Å². The van der Waals surface area contributed by atoms with Crippen molar-refractivity contribution in [3.63, 3.8) is 0 Å². The quantitative estimate of drug-likeness (QED) is 0.291. The highest BCUT2D eigenvalue weighted by Gasteiger charge is 2.57. The summed E-state index contributed by atoms with van der Waals surface area (Å²) in [5.41, 5.74) is -1.02. The number of para-hydroxylation sites is 1. The number of hydrogen-bond donors (Lipinski definition) is 0. The molecule has 1 fully saturated rings. The summed E-state index contributed by atoms with van der Waals surface area (Å²) < 4.78 is 48.4. The molecule has 13 heteroatoms. The summed E-state index contributed by atoms with van der Waals surface area (Å²) in [4.78, 5) is 53.2. The summed E-state index contributed by atoms with van der Waals surface area (Å²) in [6.45, 7) is 1.35. The van der Waals surface area contributed by atoms with Crippen molar-refractivity contribution in [3.8, 4) is 0 Å². The molecule has 0 radical (unpaired) electrons. The van der Waals surface area contributed by atoms with E-state index in [2.05, 4.69) is 15.9 Å². The van der Waals surface area contributed by atoms with Crippen molar-refractivity contribution in [1.82, 2.24) is 4.57 Å². The van der Waals surface area contributed by atoms with Gasteiger partial charge in [0.25, 0.3) is 0 Å². The van der Waals surface area contributed by atoms with Crippen LogP contribution in [-0.4, -0.2) is 34.2 Å². The van der Waals surface area contributed by atoms with Gasteiger partial charge in [0.15, 0.2) is 0 Å². The highest BCUT2D eigenvalue weighted by Crippen LogP contribution is 2.54. The van der Waals surface area contributed by atoms with Gasteiger partial charge in [0.2, 0.25) is 11.8 Å². The zero-order valence-corrected chi connectivity index (χ0v) is 22.7. The third-order valence-electron chi connectivity index (χ3n) is 6.32. The fraction of sp³-hybridized carbons (Fsp3) is 0.280. The summed E-state index contributed by atoms with van der Waals surface area (Å²) in [6, 6.07) is 11.4. The van der Waals surface area contributed by atoms with Gasteiger partial charge in [-0.2, -0.15) is 13.2 Å². The van der Waals surface area contributed by atoms with E-state index in [-0.39, 0.29) is 6.61 Å². The Labute approximate surface area is 230 Å². The average Bonchev–Trinajstić information content (AvgIpc) is 3.30. The van der Waals surface area contributed by atoms with E-state index in [1.165, 1.54) is 16.7 Å². The smallest absolute Gasteiger partial charge is 0.418 e. The number of alkyl halides is 3. The van der Waals surface area contributed by atoms with Crippen molar-refractivity contribution in [2.24, 2.45) is 5.92 Å². The molecular formula is C25H18BrF3N2O5S2. The van der Waals surface area contributed by atoms with Crippen molar-refractivity contribution >= 4 is 62.5 Å². The van der Waals surface area contributed by atoms with Crippen LogP contribution in [0.4, 0.5) is 18.9 Å². The number of amides is 2. The number of thioether (sulfide) groups is 1. The van der Waals surface area contributed by atoms with E-state index in [1.807, 2.05) is 0 Å². The first-order valence-corrected chi connectivity index (χ1v) is 13.9. The molecule has 7 nitrogen and oxygen atoms in total. The van der Waals surface area contributed by atoms with Crippen molar-refractivity contribution in [1.29, 1.82) is 0 Å². The molecule has 5 rings (SSSR count). The Morgan fingerprint density at radius 1 is 1.05 bits per heavy atom. The largest absolute Gasteiger partial charge is 0.465 e. The summed E-state index contributed by atoms with van der Waals surface area (Å²) >= 11 is 5.13. The molecule has 0 saturated carbocycles. The van der Waals surface area contributed by atoms with Crippen molar-refractivity contribution < 1.29 is 32.3 Å². The van der Waals surface area contributed by atoms with Gasteiger partial charge in [-0.05, 0) is 36.8 Å². The normalized spacial score (nSPS) is 20.9. The standard InChI is InChI=1S/C25H18BrF3N2O5S2/c1-2-36-16(32)11-30-23-20(38-24(30)35)17(12-7-9-13(26)10-8-12)18-19(37-23)22(34)31(21(18)33)15-6-4-3-5-14(15)25(27,28)29/h3-10,17-19H,2,11H2,1H3/t17-,18?,19?/m1/s1. The third-order valence-corrected chi connectivity index (χ3v) is 9.45. The molecule has 2 aliphatic heterocycles. The Morgan fingerprint density at radius 2 is 1.74 bits per heavy atom. The lowest BCUT2D eigenvalue weighted by Crippen LogP contribution is -2.33. The first kappa shape index (κ1) is 26.7. The second kappa shape index (κ2) is 10.0. The second-order valence-electron chi connectivity index (χ2n) is 8.55. The van der Waals surface area contributed by atoms with Gasteiger partial charge >= 0.3 is 17.0 Å². The highest BCUT2D eigenvalue weighted by molar-refractivity contribution is 9.10. The van der Waals surface area contributed by atoms with Gasteiger partial charge in [0.1, 0.15) is 11.8 Å². The van der Waals surface area contributed by atoms with Crippen LogP contribution in [0.3, 0.4) is 0 Å². The summed E-state index contributed by atoms with van der Waals surface area (Å²) in [7, 11) is 0. The first-order valence-electron chi connectivity index (χ1n) is 11.4. The van der Waals surface area contributed by atoms with E-state index in [9.17, 15) is 32.3 Å². The zero-order chi connectivity index (χ0) is 27.4. The summed E-state index contributed by atoms with van der Waals surface area (Å²) in [5, 5.41) is -0.776. The molecule has 0 aliphatic carbocycles. The lowest BCUT2D eigenvalue weighted by Gasteiger charge is -2.30. The number of carbonyl (C=O) groups is 3. The number of carbonyl (C=O) groups excluding carboxylic acids is 3. The van der Waals surface area contributed by atoms with Crippen LogP contribution in [0.15, 0.2) is 62.8 Å². The predicted octanol–water partition coefficient (Wildman–Crippen LogP) is 5.05. The number of benzene rings is 2. The minimum Gasteiger partial charge on any atom is -0.465 e. The molecular weight excluding hydrogens is 609 g/mol. The number of aromatic nitrogens is 1. The minimum atomic E-state index is -4.79. The molecule has 198 valence electrons. The molecule has 1 aromatic heterocycles. The van der Waals surface area contributed by atoms with Gasteiger partial charge in [-0.25, -0.2) is 4.90 Å². The number of esters is 1. The van der Waals surface area contributed by atoms with Gasteiger partial charge in [0, 0.05) is 15.3 Å². The fourth-order valence-corrected chi connectivity index (χ4v) is 7.80. The summed E-state index contributed by atoms with van der Waals surface area (Å²) in [5.74, 6) is -4.08. The molecule has 0 spiro atoms. The maximum absolute atomic E-state index is 13.8. The first-order chi connectivity index (χ1) is 18.0. The topological polar surface area (TPSA) is 85.7 Å². The number of rotatable bonds is 5. The Bertz CT molecular complexity index is 1500. The number of ether oxygens (including phenoxy) is 1. The van der Waals surface area contributed by atoms with Crippen LogP contribution in [0.5, 0.6) is 0 Å². The van der Waals surface area contributed by atoms with Gasteiger partial charge in [-0.1, -0.05) is 63.3 Å². The van der Waals surface area contributed by atoms with Crippen LogP contribution >= 0.6 is 39.0 Å². The molecule has 3 heterocycles. The Morgan fingerprint density at radius 3 is 2.39 bits per heavy atom. The van der Waals surface area contributed by atoms with Crippen LogP contribution < -0.4 is 9.77 Å². The van der Waals surface area contributed by atoms with Crippen LogP contribution in [0, 0.1) is 5.92 Å². The lowest BCUT2D eigenvalue weighted by molar-refractivity contribution is -0.144. The van der Waals surface area contributed by atoms with Crippen LogP contribution in [0.2, 0.25) is 0 Å². The van der Waals surface area contributed by atoms with Gasteiger partial charge in [-0.15, -0.1) is 0 Å². The highest BCUT2D eigenvalue weighted by atomic mass is 79.9. The second-order valence-corrected chi connectivity index (χ2v) is 11.6. The van der Waals surface area contributed by atoms with Crippen molar-refractivity contribution in [3.05, 3.63) is 78.7 Å². The van der Waals surface area contributed by atoms with E-state index in [4.69, 9.17) is 4.74 Å². The maximum Gasteiger partial charge on any atom is 0.418 e. The molecule has 2 amide bonds. The Kier molecular flexibility index (Phi) is 7.03. The molecule has 2 aliphatic rings. The third kappa shape index (κ3) is 4.50. The Balaban J connectivity index is 1.66. The zero-order valence-electron chi connectivity index (χ0n) is 19.5. The van der Waals surface area contributed by atoms with E-state index in [0.29, 0.717) is 20.4 Å². The maximum atomic E-state index is 13.8. The average molecular weight is 627 g/mol. The van der Waals surface area contributed by atoms with E-state index < -0.39 is 63.7 Å². The predicted molar refractivity (Wildman–Crippen MR) is 138 cm³/mol. The van der Waals surface area contributed by atoms with Crippen LogP contribution in [0.1, 0.15) is 28.8 Å². The Hall–Kier alpha value is -2.90. The number of anilines is 1. The van der Waals surface area contributed by atoms with Gasteiger partial charge in [0.05, 0.1) is 28.8 Å². The van der Waals surface area contributed by atoms with Crippen LogP contribution in [0.25, 0.3) is 0 Å². The number of thiazole rings is 1. The van der Waals surface area contributed by atoms with Gasteiger partial charge < -0.3 is 4.74 Å². The van der Waals surface area contributed by atoms with Gasteiger partial charge in [-0.3, -0.25) is 23.7 Å². The molecule has 0 N–H and O–H groups in total. The number of fused-ring (bicyclic) bond motifs is 2.